The van der Waals surface area contributed by atoms with Gasteiger partial charge in [-0.15, -0.1) is 0 Å². The van der Waals surface area contributed by atoms with Crippen molar-refractivity contribution >= 4 is 11.6 Å². The summed E-state index contributed by atoms with van der Waals surface area (Å²) in [5.74, 6) is 1.25. The van der Waals surface area contributed by atoms with E-state index in [2.05, 4.69) is 47.7 Å². The molecule has 0 fully saturated rings. The molecule has 2 heterocycles. The van der Waals surface area contributed by atoms with Gasteiger partial charge < -0.3 is 9.88 Å². The Kier molecular flexibility index (Phi) is 3.41. The van der Waals surface area contributed by atoms with Crippen LogP contribution < -0.4 is 5.32 Å². The summed E-state index contributed by atoms with van der Waals surface area (Å²) in [4.78, 5) is 4.36. The molecule has 0 aliphatic heterocycles. The molecule has 0 unspecified atom stereocenters. The average Bonchev–Trinajstić information content (AvgIpc) is 2.85. The Morgan fingerprint density at radius 1 is 1.22 bits per heavy atom. The van der Waals surface area contributed by atoms with Crippen LogP contribution in [-0.4, -0.2) is 19.3 Å². The van der Waals surface area contributed by atoms with E-state index in [1.807, 2.05) is 30.3 Å². The molecule has 0 saturated carbocycles. The molecule has 0 aliphatic carbocycles. The molecule has 5 nitrogen and oxygen atoms in total. The van der Waals surface area contributed by atoms with Gasteiger partial charge in [-0.05, 0) is 19.8 Å². The molecular weight excluding hydrogens is 226 g/mol. The predicted molar refractivity (Wildman–Crippen MR) is 73.2 cm³/mol. The van der Waals surface area contributed by atoms with Crippen LogP contribution in [0.2, 0.25) is 0 Å². The summed E-state index contributed by atoms with van der Waals surface area (Å²) < 4.78 is 3.94. The minimum absolute atomic E-state index is 0.383. The lowest BCUT2D eigenvalue weighted by atomic mass is 10.1. The van der Waals surface area contributed by atoms with Crippen molar-refractivity contribution in [1.29, 1.82) is 0 Å². The minimum Gasteiger partial charge on any atom is -0.323 e. The Morgan fingerprint density at radius 2 is 1.94 bits per heavy atom. The highest BCUT2D eigenvalue weighted by molar-refractivity contribution is 5.56. The van der Waals surface area contributed by atoms with E-state index in [1.54, 1.807) is 0 Å². The van der Waals surface area contributed by atoms with E-state index in [-0.39, 0.29) is 0 Å². The Morgan fingerprint density at radius 3 is 2.56 bits per heavy atom. The van der Waals surface area contributed by atoms with Crippen LogP contribution in [0.5, 0.6) is 0 Å². The second-order valence-electron chi connectivity index (χ2n) is 5.13. The molecule has 2 rings (SSSR count). The lowest BCUT2D eigenvalue weighted by Crippen LogP contribution is -2.06. The summed E-state index contributed by atoms with van der Waals surface area (Å²) >= 11 is 0. The van der Waals surface area contributed by atoms with E-state index in [0.29, 0.717) is 12.0 Å². The zero-order chi connectivity index (χ0) is 13.3. The lowest BCUT2D eigenvalue weighted by molar-refractivity contribution is 0.607. The van der Waals surface area contributed by atoms with Crippen molar-refractivity contribution < 1.29 is 0 Å². The largest absolute Gasteiger partial charge is 0.323 e. The van der Waals surface area contributed by atoms with Crippen LogP contribution in [0.3, 0.4) is 0 Å². The number of hydrogen-bond acceptors (Lipinski definition) is 3. The van der Waals surface area contributed by atoms with E-state index >= 15 is 0 Å². The topological polar surface area (TPSA) is 47.7 Å². The van der Waals surface area contributed by atoms with Crippen LogP contribution in [0.25, 0.3) is 0 Å². The van der Waals surface area contributed by atoms with E-state index in [0.717, 1.165) is 17.3 Å². The van der Waals surface area contributed by atoms with Gasteiger partial charge in [-0.1, -0.05) is 13.8 Å². The Bertz CT molecular complexity index is 521. The highest BCUT2D eigenvalue weighted by Gasteiger charge is 2.14. The van der Waals surface area contributed by atoms with E-state index in [4.69, 9.17) is 0 Å². The number of hydrogen-bond donors (Lipinski definition) is 1. The fraction of sp³-hybridized carbons (Fsp3) is 0.538. The Balaban J connectivity index is 2.31. The van der Waals surface area contributed by atoms with Crippen LogP contribution in [-0.2, 0) is 7.05 Å². The number of aryl methyl sites for hydroxylation is 1. The molecule has 1 N–H and O–H groups in total. The van der Waals surface area contributed by atoms with E-state index in [1.165, 1.54) is 0 Å². The van der Waals surface area contributed by atoms with Gasteiger partial charge in [0.25, 0.3) is 0 Å². The molecular formula is C13H21N5. The fourth-order valence-corrected chi connectivity index (χ4v) is 1.98. The third-order valence-corrected chi connectivity index (χ3v) is 2.88. The number of nitrogens with zero attached hydrogens (tertiary/aromatic N) is 4. The first-order chi connectivity index (χ1) is 8.49. The minimum atomic E-state index is 0.383. The van der Waals surface area contributed by atoms with Crippen molar-refractivity contribution in [3.05, 3.63) is 24.3 Å². The molecule has 5 heteroatoms. The first kappa shape index (κ1) is 12.7. The lowest BCUT2D eigenvalue weighted by Gasteiger charge is -2.13. The van der Waals surface area contributed by atoms with Gasteiger partial charge in [0.05, 0.1) is 11.4 Å². The molecule has 0 saturated heterocycles. The van der Waals surface area contributed by atoms with Crippen molar-refractivity contribution in [2.24, 2.45) is 7.05 Å². The standard InChI is InChI=1S/C13H21N5/c1-9(2)12-11(8-17(5)16-12)15-13-14-6-7-18(13)10(3)4/h6-10H,1-5H3,(H,14,15). The molecule has 98 valence electrons. The maximum Gasteiger partial charge on any atom is 0.207 e. The molecule has 2 aromatic rings. The van der Waals surface area contributed by atoms with Gasteiger partial charge in [0.1, 0.15) is 0 Å². The zero-order valence-corrected chi connectivity index (χ0v) is 11.7. The number of imidazole rings is 1. The second kappa shape index (κ2) is 4.84. The van der Waals surface area contributed by atoms with E-state index < -0.39 is 0 Å². The first-order valence-electron chi connectivity index (χ1n) is 6.32. The van der Waals surface area contributed by atoms with Crippen molar-refractivity contribution in [3.63, 3.8) is 0 Å². The quantitative estimate of drug-likeness (QED) is 0.903. The molecule has 0 aromatic carbocycles. The van der Waals surface area contributed by atoms with Gasteiger partial charge in [-0.2, -0.15) is 5.10 Å². The third-order valence-electron chi connectivity index (χ3n) is 2.88. The maximum atomic E-state index is 4.48. The van der Waals surface area contributed by atoms with Gasteiger partial charge in [0, 0.05) is 31.7 Å². The fourth-order valence-electron chi connectivity index (χ4n) is 1.98. The molecule has 0 atom stereocenters. The number of anilines is 2. The van der Waals surface area contributed by atoms with Crippen molar-refractivity contribution in [3.8, 4) is 0 Å². The highest BCUT2D eigenvalue weighted by atomic mass is 15.3. The van der Waals surface area contributed by atoms with Gasteiger partial charge in [0.15, 0.2) is 0 Å². The second-order valence-corrected chi connectivity index (χ2v) is 5.13. The normalized spacial score (nSPS) is 11.5. The van der Waals surface area contributed by atoms with Crippen LogP contribution in [0.15, 0.2) is 18.6 Å². The maximum absolute atomic E-state index is 4.48. The summed E-state index contributed by atoms with van der Waals surface area (Å²) in [6.45, 7) is 8.56. The van der Waals surface area contributed by atoms with E-state index in [9.17, 15) is 0 Å². The van der Waals surface area contributed by atoms with Crippen LogP contribution in [0.1, 0.15) is 45.3 Å². The summed E-state index contributed by atoms with van der Waals surface area (Å²) in [5.41, 5.74) is 2.09. The van der Waals surface area contributed by atoms with Crippen LogP contribution in [0.4, 0.5) is 11.6 Å². The van der Waals surface area contributed by atoms with Crippen molar-refractivity contribution in [2.75, 3.05) is 5.32 Å². The van der Waals surface area contributed by atoms with Crippen LogP contribution in [0, 0.1) is 0 Å². The molecule has 0 aliphatic rings. The molecule has 0 bridgehead atoms. The summed E-state index contributed by atoms with van der Waals surface area (Å²) in [6.07, 6.45) is 5.79. The molecule has 0 radical (unpaired) electrons. The Hall–Kier alpha value is -1.78. The summed E-state index contributed by atoms with van der Waals surface area (Å²) in [5, 5.41) is 7.86. The van der Waals surface area contributed by atoms with Gasteiger partial charge >= 0.3 is 0 Å². The molecule has 0 spiro atoms. The monoisotopic (exact) mass is 247 g/mol. The van der Waals surface area contributed by atoms with Crippen molar-refractivity contribution in [2.45, 2.75) is 39.7 Å². The molecule has 2 aromatic heterocycles. The first-order valence-corrected chi connectivity index (χ1v) is 6.32. The van der Waals surface area contributed by atoms with Gasteiger partial charge in [-0.3, -0.25) is 4.68 Å². The highest BCUT2D eigenvalue weighted by Crippen LogP contribution is 2.25. The molecule has 0 amide bonds. The predicted octanol–water partition coefficient (Wildman–Crippen LogP) is 3.06. The zero-order valence-electron chi connectivity index (χ0n) is 11.7. The van der Waals surface area contributed by atoms with Gasteiger partial charge in [-0.25, -0.2) is 4.98 Å². The number of nitrogens with one attached hydrogen (secondary N) is 1. The Labute approximate surface area is 108 Å². The summed E-state index contributed by atoms with van der Waals surface area (Å²) in [7, 11) is 1.94. The number of aromatic nitrogens is 4. The van der Waals surface area contributed by atoms with Crippen molar-refractivity contribution in [1.82, 2.24) is 19.3 Å². The summed E-state index contributed by atoms with van der Waals surface area (Å²) in [6, 6.07) is 0.383. The SMILES string of the molecule is CC(C)c1nn(C)cc1Nc1nccn1C(C)C. The average molecular weight is 247 g/mol. The van der Waals surface area contributed by atoms with Crippen LogP contribution >= 0.6 is 0 Å². The number of rotatable bonds is 4. The molecule has 18 heavy (non-hydrogen) atoms. The van der Waals surface area contributed by atoms with Gasteiger partial charge in [0.2, 0.25) is 5.95 Å². The third kappa shape index (κ3) is 2.39. The smallest absolute Gasteiger partial charge is 0.207 e.